The molecule has 3 nitrogen and oxygen atoms in total. The molecule has 0 aliphatic heterocycles. The first-order chi connectivity index (χ1) is 8.75. The molecule has 1 rings (SSSR count). The van der Waals surface area contributed by atoms with E-state index in [2.05, 4.69) is 29.8 Å². The lowest BCUT2D eigenvalue weighted by molar-refractivity contribution is -0.113. The fourth-order valence-electron chi connectivity index (χ4n) is 1.08. The predicted molar refractivity (Wildman–Crippen MR) is 83.0 cm³/mol. The van der Waals surface area contributed by atoms with Crippen molar-refractivity contribution >= 4 is 23.7 Å². The van der Waals surface area contributed by atoms with Gasteiger partial charge < -0.3 is 9.69 Å². The van der Waals surface area contributed by atoms with Crippen molar-refractivity contribution in [2.24, 2.45) is 5.41 Å². The molecule has 0 aliphatic rings. The summed E-state index contributed by atoms with van der Waals surface area (Å²) in [5, 5.41) is 0. The van der Waals surface area contributed by atoms with Gasteiger partial charge in [0, 0.05) is 31.1 Å². The number of rotatable bonds is 3. The lowest BCUT2D eigenvalue weighted by Gasteiger charge is -2.16. The van der Waals surface area contributed by atoms with E-state index >= 15 is 0 Å². The van der Waals surface area contributed by atoms with Crippen LogP contribution in [0.5, 0.6) is 0 Å². The van der Waals surface area contributed by atoms with Gasteiger partial charge in [-0.3, -0.25) is 0 Å². The van der Waals surface area contributed by atoms with Gasteiger partial charge in [-0.05, 0) is 31.0 Å². The number of pyridine rings is 1. The maximum absolute atomic E-state index is 9.83. The summed E-state index contributed by atoms with van der Waals surface area (Å²) in [7, 11) is 2.03. The minimum atomic E-state index is -0.139. The van der Waals surface area contributed by atoms with E-state index in [-0.39, 0.29) is 5.41 Å². The molecule has 0 saturated carbocycles. The highest BCUT2D eigenvalue weighted by Gasteiger charge is 2.04. The van der Waals surface area contributed by atoms with Crippen LogP contribution in [-0.4, -0.2) is 24.9 Å². The highest BCUT2D eigenvalue weighted by atomic mass is 35.5. The summed E-state index contributed by atoms with van der Waals surface area (Å²) in [6.45, 7) is 10.8. The number of aldehydes is 1. The topological polar surface area (TPSA) is 33.2 Å². The van der Waals surface area contributed by atoms with Gasteiger partial charge in [0.1, 0.15) is 12.1 Å². The SMILES string of the molecule is CC(C)(C)C=O.CCN(C)c1cc(C)c(CCl)cn1. The molecule has 0 atom stereocenters. The Hall–Kier alpha value is -1.09. The normalized spacial score (nSPS) is 10.5. The van der Waals surface area contributed by atoms with Crippen LogP contribution in [0.15, 0.2) is 12.3 Å². The molecular weight excluding hydrogens is 260 g/mol. The van der Waals surface area contributed by atoms with Gasteiger partial charge in [-0.1, -0.05) is 20.8 Å². The van der Waals surface area contributed by atoms with Gasteiger partial charge in [-0.25, -0.2) is 4.98 Å². The van der Waals surface area contributed by atoms with Crippen molar-refractivity contribution in [1.29, 1.82) is 0 Å². The van der Waals surface area contributed by atoms with Crippen LogP contribution in [0.3, 0.4) is 0 Å². The van der Waals surface area contributed by atoms with Crippen LogP contribution in [-0.2, 0) is 10.7 Å². The maximum atomic E-state index is 9.83. The van der Waals surface area contributed by atoms with Gasteiger partial charge in [0.25, 0.3) is 0 Å². The molecule has 0 aromatic carbocycles. The average Bonchev–Trinajstić information content (AvgIpc) is 2.37. The second-order valence-corrected chi connectivity index (χ2v) is 5.87. The number of carbonyl (C=O) groups is 1. The summed E-state index contributed by atoms with van der Waals surface area (Å²) in [5.41, 5.74) is 2.18. The maximum Gasteiger partial charge on any atom is 0.128 e. The Bertz CT molecular complexity index is 400. The highest BCUT2D eigenvalue weighted by molar-refractivity contribution is 6.17. The van der Waals surface area contributed by atoms with Crippen LogP contribution in [0, 0.1) is 12.3 Å². The molecule has 4 heteroatoms. The van der Waals surface area contributed by atoms with Gasteiger partial charge in [0.2, 0.25) is 0 Å². The van der Waals surface area contributed by atoms with E-state index in [1.54, 1.807) is 0 Å². The van der Waals surface area contributed by atoms with Gasteiger partial charge in [0.15, 0.2) is 0 Å². The summed E-state index contributed by atoms with van der Waals surface area (Å²) in [5.74, 6) is 1.54. The minimum Gasteiger partial charge on any atom is -0.360 e. The number of aromatic nitrogens is 1. The lowest BCUT2D eigenvalue weighted by Crippen LogP contribution is -2.17. The van der Waals surface area contributed by atoms with Crippen molar-refractivity contribution < 1.29 is 4.79 Å². The summed E-state index contributed by atoms with van der Waals surface area (Å²) in [6.07, 6.45) is 2.79. The number of halogens is 1. The minimum absolute atomic E-state index is 0.139. The van der Waals surface area contributed by atoms with Gasteiger partial charge in [-0.2, -0.15) is 0 Å². The molecule has 108 valence electrons. The molecule has 0 aliphatic carbocycles. The summed E-state index contributed by atoms with van der Waals surface area (Å²) in [6, 6.07) is 2.07. The van der Waals surface area contributed by atoms with Gasteiger partial charge >= 0.3 is 0 Å². The molecule has 1 aromatic rings. The zero-order valence-corrected chi connectivity index (χ0v) is 13.6. The van der Waals surface area contributed by atoms with E-state index in [1.807, 2.05) is 34.0 Å². The Kier molecular flexibility index (Phi) is 7.69. The lowest BCUT2D eigenvalue weighted by atomic mass is 10.0. The number of hydrogen-bond acceptors (Lipinski definition) is 3. The standard InChI is InChI=1S/C10H15ClN2.C5H10O/c1-4-13(3)10-5-8(2)9(6-11)7-12-10;1-5(2,3)4-6/h5,7H,4,6H2,1-3H3;4H,1-3H3. The number of carbonyl (C=O) groups excluding carboxylic acids is 1. The van der Waals surface area contributed by atoms with Crippen LogP contribution >= 0.6 is 11.6 Å². The number of anilines is 1. The number of hydrogen-bond donors (Lipinski definition) is 0. The third kappa shape index (κ3) is 7.16. The zero-order chi connectivity index (χ0) is 15.1. The zero-order valence-electron chi connectivity index (χ0n) is 12.8. The van der Waals surface area contributed by atoms with Gasteiger partial charge in [0.05, 0.1) is 0 Å². The molecule has 1 heterocycles. The molecule has 0 bridgehead atoms. The second kappa shape index (κ2) is 8.16. The molecule has 0 fully saturated rings. The van der Waals surface area contributed by atoms with Crippen molar-refractivity contribution in [2.75, 3.05) is 18.5 Å². The van der Waals surface area contributed by atoms with E-state index < -0.39 is 0 Å². The molecule has 0 N–H and O–H groups in total. The quantitative estimate of drug-likeness (QED) is 0.625. The average molecular weight is 285 g/mol. The fourth-order valence-corrected chi connectivity index (χ4v) is 1.36. The van der Waals surface area contributed by atoms with E-state index in [0.29, 0.717) is 5.88 Å². The summed E-state index contributed by atoms with van der Waals surface area (Å²) < 4.78 is 0. The van der Waals surface area contributed by atoms with Crippen molar-refractivity contribution in [1.82, 2.24) is 4.98 Å². The Labute approximate surface area is 122 Å². The first-order valence-electron chi connectivity index (χ1n) is 6.44. The van der Waals surface area contributed by atoms with E-state index in [9.17, 15) is 4.79 Å². The van der Waals surface area contributed by atoms with E-state index in [4.69, 9.17) is 11.6 Å². The highest BCUT2D eigenvalue weighted by Crippen LogP contribution is 2.15. The Balaban J connectivity index is 0.000000459. The Morgan fingerprint density at radius 1 is 1.42 bits per heavy atom. The van der Waals surface area contributed by atoms with Crippen molar-refractivity contribution in [2.45, 2.75) is 40.5 Å². The molecule has 0 radical (unpaired) electrons. The van der Waals surface area contributed by atoms with Crippen LogP contribution < -0.4 is 4.90 Å². The first-order valence-corrected chi connectivity index (χ1v) is 6.97. The van der Waals surface area contributed by atoms with Crippen LogP contribution in [0.25, 0.3) is 0 Å². The molecule has 0 unspecified atom stereocenters. The van der Waals surface area contributed by atoms with Crippen molar-refractivity contribution in [3.05, 3.63) is 23.4 Å². The van der Waals surface area contributed by atoms with Gasteiger partial charge in [-0.15, -0.1) is 11.6 Å². The van der Waals surface area contributed by atoms with E-state index in [1.165, 1.54) is 5.56 Å². The number of alkyl halides is 1. The summed E-state index contributed by atoms with van der Waals surface area (Å²) >= 11 is 5.74. The van der Waals surface area contributed by atoms with Crippen LogP contribution in [0.4, 0.5) is 5.82 Å². The smallest absolute Gasteiger partial charge is 0.128 e. The van der Waals surface area contributed by atoms with Crippen LogP contribution in [0.2, 0.25) is 0 Å². The number of nitrogens with zero attached hydrogens (tertiary/aromatic N) is 2. The molecule has 0 amide bonds. The second-order valence-electron chi connectivity index (χ2n) is 5.60. The molecule has 19 heavy (non-hydrogen) atoms. The Morgan fingerprint density at radius 2 is 1.95 bits per heavy atom. The van der Waals surface area contributed by atoms with E-state index in [0.717, 1.165) is 24.2 Å². The third-order valence-electron chi connectivity index (χ3n) is 2.57. The van der Waals surface area contributed by atoms with Crippen molar-refractivity contribution in [3.8, 4) is 0 Å². The first kappa shape index (κ1) is 17.9. The molecular formula is C15H25ClN2O. The van der Waals surface area contributed by atoms with Crippen molar-refractivity contribution in [3.63, 3.8) is 0 Å². The third-order valence-corrected chi connectivity index (χ3v) is 2.86. The number of aryl methyl sites for hydroxylation is 1. The fraction of sp³-hybridized carbons (Fsp3) is 0.600. The Morgan fingerprint density at radius 3 is 2.26 bits per heavy atom. The predicted octanol–water partition coefficient (Wildman–Crippen LogP) is 3.82. The summed E-state index contributed by atoms with van der Waals surface area (Å²) in [4.78, 5) is 16.3. The molecule has 0 saturated heterocycles. The van der Waals surface area contributed by atoms with Crippen LogP contribution in [0.1, 0.15) is 38.8 Å². The molecule has 0 spiro atoms. The molecule has 1 aromatic heterocycles. The monoisotopic (exact) mass is 284 g/mol. The largest absolute Gasteiger partial charge is 0.360 e.